The second-order valence-electron chi connectivity index (χ2n) is 7.10. The first kappa shape index (κ1) is 19.1. The molecule has 1 atom stereocenters. The molecule has 4 N–H and O–H groups in total. The topological polar surface area (TPSA) is 74.8 Å². The van der Waals surface area contributed by atoms with Gasteiger partial charge in [0.1, 0.15) is 6.04 Å². The third-order valence-electron chi connectivity index (χ3n) is 3.57. The number of aryl methyl sites for hydroxylation is 1. The number of urea groups is 1. The highest BCUT2D eigenvalue weighted by Gasteiger charge is 2.21. The molecule has 0 fully saturated rings. The first-order valence-electron chi connectivity index (χ1n) is 8.30. The molecule has 0 spiro atoms. The zero-order chi connectivity index (χ0) is 18.4. The SMILES string of the molecule is Cc1ccc([C@H]([NH2+]CC(=O)NC(=O)NC(C)(C)C)c2cccs2)cc1. The number of carbonyl (C=O) groups is 2. The van der Waals surface area contributed by atoms with Gasteiger partial charge in [0, 0.05) is 11.1 Å². The summed E-state index contributed by atoms with van der Waals surface area (Å²) in [4.78, 5) is 25.1. The molecule has 0 aliphatic rings. The van der Waals surface area contributed by atoms with Crippen molar-refractivity contribution in [1.29, 1.82) is 0 Å². The summed E-state index contributed by atoms with van der Waals surface area (Å²) < 4.78 is 0. The number of amides is 3. The van der Waals surface area contributed by atoms with Gasteiger partial charge < -0.3 is 10.6 Å². The predicted molar refractivity (Wildman–Crippen MR) is 101 cm³/mol. The van der Waals surface area contributed by atoms with Crippen LogP contribution in [0.5, 0.6) is 0 Å². The molecule has 0 aliphatic carbocycles. The summed E-state index contributed by atoms with van der Waals surface area (Å²) in [7, 11) is 0. The third-order valence-corrected chi connectivity index (χ3v) is 4.52. The number of benzene rings is 1. The molecule has 1 heterocycles. The molecule has 0 radical (unpaired) electrons. The number of nitrogens with one attached hydrogen (secondary N) is 2. The molecule has 3 amide bonds. The Morgan fingerprint density at radius 1 is 1.16 bits per heavy atom. The molecule has 2 rings (SSSR count). The van der Waals surface area contributed by atoms with Gasteiger partial charge in [0.05, 0.1) is 4.88 Å². The van der Waals surface area contributed by atoms with Crippen LogP contribution in [0, 0.1) is 6.92 Å². The van der Waals surface area contributed by atoms with Crippen LogP contribution in [0.15, 0.2) is 41.8 Å². The fraction of sp³-hybridized carbons (Fsp3) is 0.368. The van der Waals surface area contributed by atoms with E-state index in [1.54, 1.807) is 11.3 Å². The van der Waals surface area contributed by atoms with E-state index in [0.717, 1.165) is 5.56 Å². The maximum Gasteiger partial charge on any atom is 0.322 e. The number of imide groups is 1. The molecular weight excluding hydrogens is 334 g/mol. The minimum atomic E-state index is -0.464. The van der Waals surface area contributed by atoms with Crippen LogP contribution >= 0.6 is 11.3 Å². The number of quaternary nitrogens is 1. The van der Waals surface area contributed by atoms with Crippen molar-refractivity contribution in [3.8, 4) is 0 Å². The van der Waals surface area contributed by atoms with Crippen LogP contribution < -0.4 is 16.0 Å². The van der Waals surface area contributed by atoms with Crippen LogP contribution in [-0.2, 0) is 4.79 Å². The van der Waals surface area contributed by atoms with Crippen molar-refractivity contribution in [2.24, 2.45) is 0 Å². The fourth-order valence-electron chi connectivity index (χ4n) is 2.43. The Hall–Kier alpha value is -2.18. The first-order valence-corrected chi connectivity index (χ1v) is 9.18. The molecule has 2 aromatic rings. The van der Waals surface area contributed by atoms with Crippen LogP contribution in [0.4, 0.5) is 4.79 Å². The van der Waals surface area contributed by atoms with Crippen molar-refractivity contribution in [1.82, 2.24) is 10.6 Å². The van der Waals surface area contributed by atoms with Gasteiger partial charge >= 0.3 is 6.03 Å². The normalized spacial score (nSPS) is 12.5. The molecule has 0 unspecified atom stereocenters. The zero-order valence-corrected chi connectivity index (χ0v) is 15.9. The molecule has 0 aliphatic heterocycles. The average Bonchev–Trinajstić information content (AvgIpc) is 3.01. The Balaban J connectivity index is 2.00. The lowest BCUT2D eigenvalue weighted by Gasteiger charge is -2.20. The van der Waals surface area contributed by atoms with Gasteiger partial charge in [-0.25, -0.2) is 4.79 Å². The van der Waals surface area contributed by atoms with E-state index in [1.165, 1.54) is 10.4 Å². The minimum Gasteiger partial charge on any atom is -0.333 e. The van der Waals surface area contributed by atoms with Crippen molar-refractivity contribution >= 4 is 23.3 Å². The van der Waals surface area contributed by atoms with Gasteiger partial charge in [0.2, 0.25) is 0 Å². The van der Waals surface area contributed by atoms with Gasteiger partial charge in [-0.15, -0.1) is 11.3 Å². The highest BCUT2D eigenvalue weighted by molar-refractivity contribution is 7.10. The third kappa shape index (κ3) is 6.32. The van der Waals surface area contributed by atoms with Crippen LogP contribution in [0.2, 0.25) is 0 Å². The number of rotatable bonds is 5. The van der Waals surface area contributed by atoms with Gasteiger partial charge in [0.15, 0.2) is 6.54 Å². The van der Waals surface area contributed by atoms with Crippen LogP contribution in [0.3, 0.4) is 0 Å². The quantitative estimate of drug-likeness (QED) is 0.765. The molecule has 1 aromatic heterocycles. The van der Waals surface area contributed by atoms with E-state index in [9.17, 15) is 9.59 Å². The second kappa shape index (κ2) is 8.27. The van der Waals surface area contributed by atoms with Crippen LogP contribution in [-0.4, -0.2) is 24.0 Å². The number of hydrogen-bond donors (Lipinski definition) is 3. The molecule has 0 bridgehead atoms. The van der Waals surface area contributed by atoms with Crippen molar-refractivity contribution in [3.63, 3.8) is 0 Å². The summed E-state index contributed by atoms with van der Waals surface area (Å²) in [6.07, 6.45) is 0. The lowest BCUT2D eigenvalue weighted by atomic mass is 10.0. The fourth-order valence-corrected chi connectivity index (χ4v) is 3.28. The van der Waals surface area contributed by atoms with E-state index < -0.39 is 6.03 Å². The maximum absolute atomic E-state index is 12.1. The predicted octanol–water partition coefficient (Wildman–Crippen LogP) is 2.33. The van der Waals surface area contributed by atoms with Crippen molar-refractivity contribution in [3.05, 3.63) is 57.8 Å². The largest absolute Gasteiger partial charge is 0.333 e. The van der Waals surface area contributed by atoms with E-state index in [1.807, 2.05) is 37.5 Å². The Bertz CT molecular complexity index is 703. The standard InChI is InChI=1S/C19H25N3O2S/c1-13-7-9-14(10-8-13)17(15-6-5-11-25-15)20-12-16(23)21-18(24)22-19(2,3)4/h5-11,17,20H,12H2,1-4H3,(H2,21,22,23,24)/p+1/t17-/m0/s1. The average molecular weight is 361 g/mol. The van der Waals surface area contributed by atoms with E-state index >= 15 is 0 Å². The number of nitrogens with two attached hydrogens (primary N) is 1. The first-order chi connectivity index (χ1) is 11.7. The molecule has 0 saturated heterocycles. The lowest BCUT2D eigenvalue weighted by molar-refractivity contribution is -0.676. The summed E-state index contributed by atoms with van der Waals surface area (Å²) in [5, 5.41) is 9.08. The van der Waals surface area contributed by atoms with E-state index in [4.69, 9.17) is 0 Å². The number of carbonyl (C=O) groups excluding carboxylic acids is 2. The maximum atomic E-state index is 12.1. The van der Waals surface area contributed by atoms with Gasteiger partial charge in [-0.2, -0.15) is 0 Å². The van der Waals surface area contributed by atoms with Crippen molar-refractivity contribution < 1.29 is 14.9 Å². The molecule has 0 saturated carbocycles. The van der Waals surface area contributed by atoms with Gasteiger partial charge in [-0.05, 0) is 39.1 Å². The minimum absolute atomic E-state index is 0.0389. The van der Waals surface area contributed by atoms with Crippen LogP contribution in [0.25, 0.3) is 0 Å². The van der Waals surface area contributed by atoms with E-state index in [-0.39, 0.29) is 24.0 Å². The highest BCUT2D eigenvalue weighted by Crippen LogP contribution is 2.22. The Kier molecular flexibility index (Phi) is 6.33. The molecule has 25 heavy (non-hydrogen) atoms. The smallest absolute Gasteiger partial charge is 0.322 e. The monoisotopic (exact) mass is 360 g/mol. The van der Waals surface area contributed by atoms with E-state index in [0.29, 0.717) is 0 Å². The lowest BCUT2D eigenvalue weighted by Crippen LogP contribution is -2.87. The Morgan fingerprint density at radius 2 is 1.84 bits per heavy atom. The van der Waals surface area contributed by atoms with Crippen LogP contribution in [0.1, 0.15) is 42.8 Å². The van der Waals surface area contributed by atoms with E-state index in [2.05, 4.69) is 47.9 Å². The molecule has 5 nitrogen and oxygen atoms in total. The van der Waals surface area contributed by atoms with Crippen molar-refractivity contribution in [2.75, 3.05) is 6.54 Å². The Labute approximate surface area is 152 Å². The molecule has 1 aromatic carbocycles. The number of thiophene rings is 1. The van der Waals surface area contributed by atoms with Crippen molar-refractivity contribution in [2.45, 2.75) is 39.3 Å². The summed E-state index contributed by atoms with van der Waals surface area (Å²) >= 11 is 1.66. The summed E-state index contributed by atoms with van der Waals surface area (Å²) in [5.74, 6) is -0.310. The molecular formula is C19H26N3O2S+. The van der Waals surface area contributed by atoms with Gasteiger partial charge in [-0.3, -0.25) is 10.1 Å². The number of hydrogen-bond acceptors (Lipinski definition) is 3. The van der Waals surface area contributed by atoms with Gasteiger partial charge in [-0.1, -0.05) is 35.9 Å². The Morgan fingerprint density at radius 3 is 2.40 bits per heavy atom. The second-order valence-corrected chi connectivity index (χ2v) is 8.08. The summed E-state index contributed by atoms with van der Waals surface area (Å²) in [6.45, 7) is 7.83. The molecule has 6 heteroatoms. The zero-order valence-electron chi connectivity index (χ0n) is 15.1. The van der Waals surface area contributed by atoms with Gasteiger partial charge in [0.25, 0.3) is 5.91 Å². The highest BCUT2D eigenvalue weighted by atomic mass is 32.1. The summed E-state index contributed by atoms with van der Waals surface area (Å²) in [5.41, 5.74) is 1.96. The molecule has 134 valence electrons. The summed E-state index contributed by atoms with van der Waals surface area (Å²) in [6, 6.07) is 12.0.